The largest absolute Gasteiger partial charge is 0.493 e. The van der Waals surface area contributed by atoms with E-state index in [1.807, 2.05) is 42.5 Å². The van der Waals surface area contributed by atoms with Gasteiger partial charge in [-0.1, -0.05) is 42.5 Å². The lowest BCUT2D eigenvalue weighted by Crippen LogP contribution is -2.13. The van der Waals surface area contributed by atoms with E-state index in [2.05, 4.69) is 5.32 Å². The van der Waals surface area contributed by atoms with E-state index in [0.29, 0.717) is 13.0 Å². The van der Waals surface area contributed by atoms with Crippen LogP contribution in [-0.2, 0) is 4.79 Å². The molecule has 0 bridgehead atoms. The summed E-state index contributed by atoms with van der Waals surface area (Å²) in [6, 6.07) is 18.7. The normalized spacial score (nSPS) is 10.6. The maximum Gasteiger partial charge on any atom is 0.224 e. The average Bonchev–Trinajstić information content (AvgIpc) is 2.61. The third-order valence-electron chi connectivity index (χ3n) is 3.95. The van der Waals surface area contributed by atoms with Crippen molar-refractivity contribution in [1.82, 2.24) is 0 Å². The molecule has 3 aromatic rings. The number of benzene rings is 3. The predicted molar refractivity (Wildman–Crippen MR) is 98.4 cm³/mol. The monoisotopic (exact) mass is 337 g/mol. The zero-order valence-corrected chi connectivity index (χ0v) is 14.1. The third kappa shape index (κ3) is 4.35. The number of hydrogen-bond donors (Lipinski definition) is 1. The van der Waals surface area contributed by atoms with Gasteiger partial charge in [-0.2, -0.15) is 0 Å². The van der Waals surface area contributed by atoms with Crippen molar-refractivity contribution in [3.63, 3.8) is 0 Å². The van der Waals surface area contributed by atoms with Crippen LogP contribution in [0.25, 0.3) is 10.8 Å². The van der Waals surface area contributed by atoms with E-state index in [1.165, 1.54) is 6.07 Å². The maximum atomic E-state index is 13.7. The van der Waals surface area contributed by atoms with Crippen molar-refractivity contribution < 1.29 is 13.9 Å². The second-order valence-corrected chi connectivity index (χ2v) is 5.96. The molecular formula is C21H20FNO2. The molecule has 3 aromatic carbocycles. The first kappa shape index (κ1) is 17.0. The number of fused-ring (bicyclic) bond motifs is 1. The summed E-state index contributed by atoms with van der Waals surface area (Å²) in [6.07, 6.45) is 0.834. The Kier molecular flexibility index (Phi) is 5.29. The number of nitrogens with one attached hydrogen (secondary N) is 1. The van der Waals surface area contributed by atoms with Crippen LogP contribution in [0.5, 0.6) is 5.75 Å². The van der Waals surface area contributed by atoms with Crippen LogP contribution < -0.4 is 10.1 Å². The minimum absolute atomic E-state index is 0.213. The first-order valence-electron chi connectivity index (χ1n) is 8.30. The van der Waals surface area contributed by atoms with Gasteiger partial charge in [0, 0.05) is 11.8 Å². The van der Waals surface area contributed by atoms with Crippen LogP contribution >= 0.6 is 0 Å². The van der Waals surface area contributed by atoms with Gasteiger partial charge in [0.1, 0.15) is 11.6 Å². The fraction of sp³-hybridized carbons (Fsp3) is 0.190. The molecular weight excluding hydrogens is 317 g/mol. The van der Waals surface area contributed by atoms with Crippen molar-refractivity contribution in [2.24, 2.45) is 0 Å². The summed E-state index contributed by atoms with van der Waals surface area (Å²) < 4.78 is 19.5. The van der Waals surface area contributed by atoms with Crippen LogP contribution in [0.2, 0.25) is 0 Å². The van der Waals surface area contributed by atoms with Gasteiger partial charge in [0.2, 0.25) is 5.91 Å². The number of carbonyl (C=O) groups excluding carboxylic acids is 1. The molecule has 0 radical (unpaired) electrons. The number of aryl methyl sites for hydroxylation is 1. The molecule has 0 unspecified atom stereocenters. The molecule has 0 spiro atoms. The SMILES string of the molecule is Cc1ccc(NC(=O)CCCOc2cccc3ccccc23)c(F)c1. The summed E-state index contributed by atoms with van der Waals surface area (Å²) in [4.78, 5) is 11.9. The molecule has 1 N–H and O–H groups in total. The molecule has 1 amide bonds. The van der Waals surface area contributed by atoms with Crippen molar-refractivity contribution in [3.8, 4) is 5.75 Å². The summed E-state index contributed by atoms with van der Waals surface area (Å²) in [6.45, 7) is 2.23. The van der Waals surface area contributed by atoms with E-state index in [1.54, 1.807) is 19.1 Å². The van der Waals surface area contributed by atoms with Gasteiger partial charge in [-0.05, 0) is 42.5 Å². The Morgan fingerprint density at radius 3 is 2.72 bits per heavy atom. The van der Waals surface area contributed by atoms with E-state index < -0.39 is 5.82 Å². The Morgan fingerprint density at radius 2 is 1.88 bits per heavy atom. The van der Waals surface area contributed by atoms with Crippen molar-refractivity contribution >= 4 is 22.4 Å². The van der Waals surface area contributed by atoms with Crippen molar-refractivity contribution in [1.29, 1.82) is 0 Å². The number of anilines is 1. The van der Waals surface area contributed by atoms with Crippen molar-refractivity contribution in [2.75, 3.05) is 11.9 Å². The molecule has 0 atom stereocenters. The minimum Gasteiger partial charge on any atom is -0.493 e. The van der Waals surface area contributed by atoms with Gasteiger partial charge in [0.15, 0.2) is 0 Å². The van der Waals surface area contributed by atoms with Gasteiger partial charge in [-0.25, -0.2) is 4.39 Å². The van der Waals surface area contributed by atoms with E-state index in [9.17, 15) is 9.18 Å². The Balaban J connectivity index is 1.50. The van der Waals surface area contributed by atoms with Crippen LogP contribution in [0.1, 0.15) is 18.4 Å². The standard InChI is InChI=1S/C21H20FNO2/c1-15-11-12-19(18(22)14-15)23-21(24)10-5-13-25-20-9-4-7-16-6-2-3-8-17(16)20/h2-4,6-9,11-12,14H,5,10,13H2,1H3,(H,23,24). The Hall–Kier alpha value is -2.88. The molecule has 3 rings (SSSR count). The summed E-state index contributed by atoms with van der Waals surface area (Å²) in [5.41, 5.74) is 1.03. The molecule has 0 aliphatic rings. The zero-order valence-electron chi connectivity index (χ0n) is 14.1. The van der Waals surface area contributed by atoms with Crippen LogP contribution in [0, 0.1) is 12.7 Å². The fourth-order valence-corrected chi connectivity index (χ4v) is 2.67. The lowest BCUT2D eigenvalue weighted by molar-refractivity contribution is -0.116. The Bertz CT molecular complexity index is 887. The highest BCUT2D eigenvalue weighted by atomic mass is 19.1. The quantitative estimate of drug-likeness (QED) is 0.637. The van der Waals surface area contributed by atoms with Gasteiger partial charge >= 0.3 is 0 Å². The first-order valence-corrected chi connectivity index (χ1v) is 8.30. The van der Waals surface area contributed by atoms with Crippen molar-refractivity contribution in [2.45, 2.75) is 19.8 Å². The summed E-state index contributed by atoms with van der Waals surface area (Å²) >= 11 is 0. The molecule has 0 saturated carbocycles. The second-order valence-electron chi connectivity index (χ2n) is 5.96. The fourth-order valence-electron chi connectivity index (χ4n) is 2.67. The predicted octanol–water partition coefficient (Wildman–Crippen LogP) is 5.09. The maximum absolute atomic E-state index is 13.7. The van der Waals surface area contributed by atoms with Crippen LogP contribution in [0.3, 0.4) is 0 Å². The van der Waals surface area contributed by atoms with E-state index in [4.69, 9.17) is 4.74 Å². The molecule has 0 aliphatic carbocycles. The molecule has 0 aromatic heterocycles. The molecule has 0 heterocycles. The number of rotatable bonds is 6. The smallest absolute Gasteiger partial charge is 0.224 e. The summed E-state index contributed by atoms with van der Waals surface area (Å²) in [7, 11) is 0. The lowest BCUT2D eigenvalue weighted by Gasteiger charge is -2.10. The molecule has 0 fully saturated rings. The Morgan fingerprint density at radius 1 is 1.08 bits per heavy atom. The first-order chi connectivity index (χ1) is 12.1. The van der Waals surface area contributed by atoms with Gasteiger partial charge < -0.3 is 10.1 Å². The van der Waals surface area contributed by atoms with Gasteiger partial charge in [-0.3, -0.25) is 4.79 Å². The second kappa shape index (κ2) is 7.79. The van der Waals surface area contributed by atoms with E-state index in [-0.39, 0.29) is 18.0 Å². The highest BCUT2D eigenvalue weighted by Crippen LogP contribution is 2.25. The van der Waals surface area contributed by atoms with Crippen molar-refractivity contribution in [3.05, 3.63) is 72.0 Å². The van der Waals surface area contributed by atoms with Gasteiger partial charge in [-0.15, -0.1) is 0 Å². The molecule has 3 nitrogen and oxygen atoms in total. The molecule has 0 saturated heterocycles. The van der Waals surface area contributed by atoms with Crippen LogP contribution in [0.4, 0.5) is 10.1 Å². The minimum atomic E-state index is -0.416. The third-order valence-corrected chi connectivity index (χ3v) is 3.95. The zero-order chi connectivity index (χ0) is 17.6. The number of carbonyl (C=O) groups is 1. The lowest BCUT2D eigenvalue weighted by atomic mass is 10.1. The average molecular weight is 337 g/mol. The van der Waals surface area contributed by atoms with Crippen LogP contribution in [0.15, 0.2) is 60.7 Å². The molecule has 0 aliphatic heterocycles. The molecule has 25 heavy (non-hydrogen) atoms. The number of amides is 1. The number of ether oxygens (including phenoxy) is 1. The highest BCUT2D eigenvalue weighted by molar-refractivity contribution is 5.91. The van der Waals surface area contributed by atoms with Crippen LogP contribution in [-0.4, -0.2) is 12.5 Å². The Labute approximate surface area is 146 Å². The topological polar surface area (TPSA) is 38.3 Å². The number of hydrogen-bond acceptors (Lipinski definition) is 2. The van der Waals surface area contributed by atoms with Gasteiger partial charge in [0.05, 0.1) is 12.3 Å². The summed E-state index contributed by atoms with van der Waals surface area (Å²) in [5, 5.41) is 4.77. The molecule has 128 valence electrons. The highest BCUT2D eigenvalue weighted by Gasteiger charge is 2.07. The summed E-state index contributed by atoms with van der Waals surface area (Å²) in [5.74, 6) is 0.174. The number of halogens is 1. The van der Waals surface area contributed by atoms with Gasteiger partial charge in [0.25, 0.3) is 0 Å². The van der Waals surface area contributed by atoms with E-state index >= 15 is 0 Å². The molecule has 4 heteroatoms. The van der Waals surface area contributed by atoms with E-state index in [0.717, 1.165) is 22.1 Å².